The van der Waals surface area contributed by atoms with E-state index in [9.17, 15) is 20.0 Å². The summed E-state index contributed by atoms with van der Waals surface area (Å²) in [5.74, 6) is -0.708. The van der Waals surface area contributed by atoms with Gasteiger partial charge >= 0.3 is 5.69 Å². The molecule has 0 saturated carbocycles. The highest BCUT2D eigenvalue weighted by atomic mass is 16.6. The highest BCUT2D eigenvalue weighted by Gasteiger charge is 2.12. The first-order chi connectivity index (χ1) is 11.5. The van der Waals surface area contributed by atoms with Gasteiger partial charge in [-0.2, -0.15) is 5.10 Å². The van der Waals surface area contributed by atoms with E-state index in [0.717, 1.165) is 12.0 Å². The lowest BCUT2D eigenvalue weighted by atomic mass is 10.1. The number of hydrogen-bond donors (Lipinski definition) is 2. The van der Waals surface area contributed by atoms with Crippen LogP contribution in [0.4, 0.5) is 5.69 Å². The highest BCUT2D eigenvalue weighted by Crippen LogP contribution is 2.25. The van der Waals surface area contributed by atoms with Crippen LogP contribution < -0.4 is 5.43 Å². The number of hydrogen-bond acceptors (Lipinski definition) is 5. The molecule has 0 atom stereocenters. The second-order valence-electron chi connectivity index (χ2n) is 5.15. The molecule has 24 heavy (non-hydrogen) atoms. The third-order valence-corrected chi connectivity index (χ3v) is 3.39. The smallest absolute Gasteiger partial charge is 0.311 e. The molecule has 2 aromatic rings. The molecule has 0 saturated heterocycles. The first-order valence-corrected chi connectivity index (χ1v) is 7.36. The third-order valence-electron chi connectivity index (χ3n) is 3.39. The molecule has 2 rings (SSSR count). The van der Waals surface area contributed by atoms with Crippen molar-refractivity contribution in [1.82, 2.24) is 5.43 Å². The number of amides is 1. The maximum atomic E-state index is 11.8. The fraction of sp³-hybridized carbons (Fsp3) is 0.176. The predicted molar refractivity (Wildman–Crippen MR) is 90.0 cm³/mol. The van der Waals surface area contributed by atoms with E-state index in [1.54, 1.807) is 0 Å². The molecule has 124 valence electrons. The number of nitrogens with zero attached hydrogens (tertiary/aromatic N) is 2. The van der Waals surface area contributed by atoms with Gasteiger partial charge in [0, 0.05) is 11.6 Å². The van der Waals surface area contributed by atoms with Crippen molar-refractivity contribution >= 4 is 17.8 Å². The lowest BCUT2D eigenvalue weighted by Crippen LogP contribution is -2.19. The molecule has 1 amide bonds. The summed E-state index contributed by atoms with van der Waals surface area (Å²) in [5.41, 5.74) is 4.42. The first-order valence-electron chi connectivity index (χ1n) is 7.36. The molecule has 0 heterocycles. The van der Waals surface area contributed by atoms with Crippen molar-refractivity contribution in [1.29, 1.82) is 0 Å². The van der Waals surface area contributed by atoms with Crippen LogP contribution in [0, 0.1) is 10.1 Å². The highest BCUT2D eigenvalue weighted by molar-refractivity contribution is 5.84. The molecular weight excluding hydrogens is 310 g/mol. The topological polar surface area (TPSA) is 105 Å². The van der Waals surface area contributed by atoms with Gasteiger partial charge in [-0.25, -0.2) is 5.43 Å². The average molecular weight is 327 g/mol. The Hall–Kier alpha value is -3.22. The molecule has 0 fully saturated rings. The summed E-state index contributed by atoms with van der Waals surface area (Å²) in [6, 6.07) is 11.6. The minimum absolute atomic E-state index is 0.192. The molecule has 2 N–H and O–H groups in total. The molecule has 7 nitrogen and oxygen atoms in total. The van der Waals surface area contributed by atoms with Crippen molar-refractivity contribution in [3.8, 4) is 5.75 Å². The van der Waals surface area contributed by atoms with Crippen LogP contribution >= 0.6 is 0 Å². The summed E-state index contributed by atoms with van der Waals surface area (Å²) in [7, 11) is 0. The Balaban J connectivity index is 1.94. The normalized spacial score (nSPS) is 10.7. The Bertz CT molecular complexity index is 770. The van der Waals surface area contributed by atoms with Crippen LogP contribution in [0.2, 0.25) is 0 Å². The van der Waals surface area contributed by atoms with Crippen molar-refractivity contribution in [3.63, 3.8) is 0 Å². The number of phenols is 1. The minimum Gasteiger partial charge on any atom is -0.502 e. The van der Waals surface area contributed by atoms with E-state index >= 15 is 0 Å². The number of aromatic hydroxyl groups is 1. The summed E-state index contributed by atoms with van der Waals surface area (Å²) in [4.78, 5) is 21.9. The number of benzene rings is 2. The SMILES string of the molecule is CCc1ccc(CC(=O)N/N=C/c2ccc(O)c([N+](=O)[O-])c2)cc1. The van der Waals surface area contributed by atoms with Gasteiger partial charge < -0.3 is 5.11 Å². The molecule has 0 aliphatic rings. The molecule has 7 heteroatoms. The second-order valence-corrected chi connectivity index (χ2v) is 5.15. The summed E-state index contributed by atoms with van der Waals surface area (Å²) in [5, 5.41) is 23.9. The fourth-order valence-electron chi connectivity index (χ4n) is 2.06. The Morgan fingerprint density at radius 2 is 1.92 bits per heavy atom. The van der Waals surface area contributed by atoms with Crippen LogP contribution in [0.1, 0.15) is 23.6 Å². The van der Waals surface area contributed by atoms with Gasteiger partial charge in [0.2, 0.25) is 5.91 Å². The van der Waals surface area contributed by atoms with Gasteiger partial charge in [-0.05, 0) is 29.7 Å². The Kier molecular flexibility index (Phi) is 5.62. The molecule has 0 radical (unpaired) electrons. The van der Waals surface area contributed by atoms with Crippen LogP contribution in [0.3, 0.4) is 0 Å². The number of nitro benzene ring substituents is 1. The predicted octanol–water partition coefficient (Wildman–Crippen LogP) is 2.56. The summed E-state index contributed by atoms with van der Waals surface area (Å²) < 4.78 is 0. The van der Waals surface area contributed by atoms with Gasteiger partial charge in [-0.15, -0.1) is 0 Å². The molecule has 0 aliphatic carbocycles. The van der Waals surface area contributed by atoms with Crippen LogP contribution in [0.5, 0.6) is 5.75 Å². The Labute approximate surface area is 138 Å². The Morgan fingerprint density at radius 3 is 2.54 bits per heavy atom. The van der Waals surface area contributed by atoms with Crippen molar-refractivity contribution in [2.45, 2.75) is 19.8 Å². The number of phenolic OH excluding ortho intramolecular Hbond substituents is 1. The van der Waals surface area contributed by atoms with Gasteiger partial charge in [0.25, 0.3) is 0 Å². The zero-order chi connectivity index (χ0) is 17.5. The molecule has 0 spiro atoms. The summed E-state index contributed by atoms with van der Waals surface area (Å²) in [6.45, 7) is 2.06. The van der Waals surface area contributed by atoms with E-state index in [0.29, 0.717) is 5.56 Å². The standard InChI is InChI=1S/C17H17N3O4/c1-2-12-3-5-13(6-4-12)10-17(22)19-18-11-14-7-8-16(21)15(9-14)20(23)24/h3-9,11,21H,2,10H2,1H3,(H,19,22)/b18-11+. The number of carbonyl (C=O) groups is 1. The maximum absolute atomic E-state index is 11.8. The van der Waals surface area contributed by atoms with Crippen molar-refractivity contribution in [2.75, 3.05) is 0 Å². The monoisotopic (exact) mass is 327 g/mol. The van der Waals surface area contributed by atoms with Crippen LogP contribution in [0.25, 0.3) is 0 Å². The lowest BCUT2D eigenvalue weighted by Gasteiger charge is -2.02. The first kappa shape index (κ1) is 17.1. The number of nitro groups is 1. The Morgan fingerprint density at radius 1 is 1.25 bits per heavy atom. The number of nitrogens with one attached hydrogen (secondary N) is 1. The largest absolute Gasteiger partial charge is 0.502 e. The molecular formula is C17H17N3O4. The van der Waals surface area contributed by atoms with Crippen molar-refractivity contribution < 1.29 is 14.8 Å². The molecule has 0 bridgehead atoms. The van der Waals surface area contributed by atoms with E-state index in [4.69, 9.17) is 0 Å². The molecule has 2 aromatic carbocycles. The zero-order valence-corrected chi connectivity index (χ0v) is 13.1. The summed E-state index contributed by atoms with van der Waals surface area (Å²) >= 11 is 0. The molecule has 0 aliphatic heterocycles. The number of carbonyl (C=O) groups excluding carboxylic acids is 1. The van der Waals surface area contributed by atoms with Gasteiger partial charge in [-0.1, -0.05) is 31.2 Å². The number of hydrazone groups is 1. The fourth-order valence-corrected chi connectivity index (χ4v) is 2.06. The maximum Gasteiger partial charge on any atom is 0.311 e. The van der Waals surface area contributed by atoms with Gasteiger partial charge in [0.15, 0.2) is 5.75 Å². The van der Waals surface area contributed by atoms with E-state index in [-0.39, 0.29) is 12.3 Å². The van der Waals surface area contributed by atoms with Crippen LogP contribution in [-0.2, 0) is 17.6 Å². The lowest BCUT2D eigenvalue weighted by molar-refractivity contribution is -0.385. The van der Waals surface area contributed by atoms with Crippen molar-refractivity contribution in [2.24, 2.45) is 5.10 Å². The average Bonchev–Trinajstić information content (AvgIpc) is 2.57. The van der Waals surface area contributed by atoms with Crippen LogP contribution in [-0.4, -0.2) is 22.2 Å². The van der Waals surface area contributed by atoms with E-state index < -0.39 is 16.4 Å². The molecule has 0 aromatic heterocycles. The van der Waals surface area contributed by atoms with E-state index in [2.05, 4.69) is 17.5 Å². The van der Waals surface area contributed by atoms with E-state index in [1.165, 1.54) is 30.0 Å². The third kappa shape index (κ3) is 4.64. The minimum atomic E-state index is -0.689. The number of aryl methyl sites for hydroxylation is 1. The van der Waals surface area contributed by atoms with Gasteiger partial charge in [0.1, 0.15) is 0 Å². The second kappa shape index (κ2) is 7.87. The zero-order valence-electron chi connectivity index (χ0n) is 13.1. The van der Waals surface area contributed by atoms with Crippen molar-refractivity contribution in [3.05, 3.63) is 69.3 Å². The van der Waals surface area contributed by atoms with Gasteiger partial charge in [0.05, 0.1) is 17.6 Å². The van der Waals surface area contributed by atoms with E-state index in [1.807, 2.05) is 24.3 Å². The quantitative estimate of drug-likeness (QED) is 0.483. The van der Waals surface area contributed by atoms with Crippen LogP contribution in [0.15, 0.2) is 47.6 Å². The number of rotatable bonds is 6. The summed E-state index contributed by atoms with van der Waals surface area (Å²) in [6.07, 6.45) is 2.41. The van der Waals surface area contributed by atoms with Gasteiger partial charge in [-0.3, -0.25) is 14.9 Å². The molecule has 0 unspecified atom stereocenters.